The molecule has 0 saturated carbocycles. The van der Waals surface area contributed by atoms with Crippen LogP contribution in [0.3, 0.4) is 0 Å². The second-order valence-electron chi connectivity index (χ2n) is 8.04. The molecule has 4 heterocycles. The van der Waals surface area contributed by atoms with Crippen LogP contribution in [0.15, 0.2) is 48.5 Å². The molecule has 170 valence electrons. The summed E-state index contributed by atoms with van der Waals surface area (Å²) in [5.74, 6) is 1.06. The van der Waals surface area contributed by atoms with Crippen molar-refractivity contribution in [2.24, 2.45) is 0 Å². The van der Waals surface area contributed by atoms with E-state index >= 15 is 0 Å². The smallest absolute Gasteiger partial charge is 0.269 e. The molecule has 2 aromatic carbocycles. The molecule has 2 aliphatic heterocycles. The molecule has 0 saturated heterocycles. The summed E-state index contributed by atoms with van der Waals surface area (Å²) < 4.78 is 12.8. The normalized spacial score (nSPS) is 17.3. The maximum atomic E-state index is 13.2. The number of thiophene rings is 1. The summed E-state index contributed by atoms with van der Waals surface area (Å²) in [4.78, 5) is 21.7. The van der Waals surface area contributed by atoms with Gasteiger partial charge in [0.15, 0.2) is 11.5 Å². The average molecular weight is 500 g/mol. The number of hydrogen-bond donors (Lipinski definition) is 1. The molecule has 4 aromatic rings. The largest absolute Gasteiger partial charge is 0.485 e. The monoisotopic (exact) mass is 499 g/mol. The molecule has 33 heavy (non-hydrogen) atoms. The predicted octanol–water partition coefficient (Wildman–Crippen LogP) is 5.21. The van der Waals surface area contributed by atoms with Crippen molar-refractivity contribution in [2.45, 2.75) is 19.1 Å². The minimum absolute atomic E-state index is 0. The molecule has 6 nitrogen and oxygen atoms in total. The van der Waals surface area contributed by atoms with Crippen LogP contribution in [0.4, 0.5) is 5.00 Å². The Hall–Kier alpha value is -2.65. The van der Waals surface area contributed by atoms with E-state index in [1.807, 2.05) is 42.5 Å². The zero-order valence-corrected chi connectivity index (χ0v) is 20.3. The van der Waals surface area contributed by atoms with E-state index in [9.17, 15) is 4.79 Å². The third-order valence-electron chi connectivity index (χ3n) is 5.79. The molecule has 9 heteroatoms. The van der Waals surface area contributed by atoms with E-state index < -0.39 is 6.10 Å². The summed E-state index contributed by atoms with van der Waals surface area (Å²) in [6.07, 6.45) is 0.245. The van der Waals surface area contributed by atoms with Gasteiger partial charge in [0.05, 0.1) is 10.2 Å². The number of rotatable bonds is 3. The number of fused-ring (bicyclic) bond motifs is 3. The summed E-state index contributed by atoms with van der Waals surface area (Å²) in [5, 5.41) is 4.95. The number of benzene rings is 2. The zero-order valence-electron chi connectivity index (χ0n) is 17.9. The van der Waals surface area contributed by atoms with Gasteiger partial charge in [-0.25, -0.2) is 4.98 Å². The molecule has 0 spiro atoms. The molecular weight excluding hydrogens is 478 g/mol. The fourth-order valence-electron chi connectivity index (χ4n) is 4.17. The maximum Gasteiger partial charge on any atom is 0.269 e. The SMILES string of the molecule is CN1CCc2c(sc(NC(=O)C3COc4ccccc4O3)c2-c2nc3ccccc3s2)C1.Cl. The van der Waals surface area contributed by atoms with Gasteiger partial charge in [0.25, 0.3) is 5.91 Å². The van der Waals surface area contributed by atoms with Gasteiger partial charge in [0.1, 0.15) is 16.6 Å². The number of carbonyl (C=O) groups is 1. The van der Waals surface area contributed by atoms with E-state index in [-0.39, 0.29) is 24.9 Å². The van der Waals surface area contributed by atoms with E-state index in [4.69, 9.17) is 14.5 Å². The Morgan fingerprint density at radius 1 is 1.12 bits per heavy atom. The minimum atomic E-state index is -0.699. The molecule has 2 aromatic heterocycles. The van der Waals surface area contributed by atoms with Crippen LogP contribution in [0.2, 0.25) is 0 Å². The Balaban J connectivity index is 0.00000228. The highest BCUT2D eigenvalue weighted by Gasteiger charge is 2.31. The van der Waals surface area contributed by atoms with Crippen LogP contribution in [-0.4, -0.2) is 42.1 Å². The lowest BCUT2D eigenvalue weighted by Gasteiger charge is -2.25. The Labute approximate surface area is 205 Å². The highest BCUT2D eigenvalue weighted by Crippen LogP contribution is 2.45. The number of ether oxygens (including phenoxy) is 2. The lowest BCUT2D eigenvalue weighted by atomic mass is 10.0. The molecule has 1 N–H and O–H groups in total. The molecule has 1 atom stereocenters. The second-order valence-corrected chi connectivity index (χ2v) is 10.2. The second kappa shape index (κ2) is 8.95. The number of anilines is 1. The fourth-order valence-corrected chi connectivity index (χ4v) is 6.61. The van der Waals surface area contributed by atoms with Crippen molar-refractivity contribution in [2.75, 3.05) is 25.5 Å². The summed E-state index contributed by atoms with van der Waals surface area (Å²) in [5.41, 5.74) is 3.34. The number of para-hydroxylation sites is 3. The number of thiazole rings is 1. The van der Waals surface area contributed by atoms with E-state index in [2.05, 4.69) is 23.3 Å². The molecular formula is C24H22ClN3O3S2. The first-order valence-electron chi connectivity index (χ1n) is 10.5. The standard InChI is InChI=1S/C24H21N3O3S2.ClH/c1-27-11-10-14-20(12-27)32-24(21(14)23-25-15-6-2-5-9-19(15)31-23)26-22(28)18-13-29-16-7-3-4-8-17(16)30-18;/h2-9,18H,10-13H2,1H3,(H,26,28);1H. The molecule has 0 fully saturated rings. The van der Waals surface area contributed by atoms with Gasteiger partial charge in [-0.15, -0.1) is 35.1 Å². The van der Waals surface area contributed by atoms with Gasteiger partial charge >= 0.3 is 0 Å². The van der Waals surface area contributed by atoms with Crippen molar-refractivity contribution < 1.29 is 14.3 Å². The van der Waals surface area contributed by atoms with Crippen LogP contribution < -0.4 is 14.8 Å². The van der Waals surface area contributed by atoms with Crippen molar-refractivity contribution in [3.63, 3.8) is 0 Å². The van der Waals surface area contributed by atoms with E-state index in [1.54, 1.807) is 22.7 Å². The first kappa shape index (κ1) is 22.2. The quantitative estimate of drug-likeness (QED) is 0.419. The lowest BCUT2D eigenvalue weighted by Crippen LogP contribution is -2.40. The lowest BCUT2D eigenvalue weighted by molar-refractivity contribution is -0.125. The van der Waals surface area contributed by atoms with Gasteiger partial charge in [-0.1, -0.05) is 24.3 Å². The molecule has 2 aliphatic rings. The van der Waals surface area contributed by atoms with Gasteiger partial charge in [0.2, 0.25) is 6.10 Å². The van der Waals surface area contributed by atoms with E-state index in [0.29, 0.717) is 11.5 Å². The highest BCUT2D eigenvalue weighted by molar-refractivity contribution is 7.22. The Kier molecular flexibility index (Phi) is 6.01. The van der Waals surface area contributed by atoms with Crippen LogP contribution >= 0.6 is 35.1 Å². The summed E-state index contributed by atoms with van der Waals surface area (Å²) in [6, 6.07) is 15.6. The maximum absolute atomic E-state index is 13.2. The number of nitrogens with one attached hydrogen (secondary N) is 1. The number of hydrogen-bond acceptors (Lipinski definition) is 7. The molecule has 0 aliphatic carbocycles. The number of likely N-dealkylation sites (N-methyl/N-ethyl adjacent to an activating group) is 1. The van der Waals surface area contributed by atoms with Crippen molar-refractivity contribution in [1.82, 2.24) is 9.88 Å². The average Bonchev–Trinajstić information content (AvgIpc) is 3.38. The van der Waals surface area contributed by atoms with Crippen molar-refractivity contribution in [3.8, 4) is 22.1 Å². The van der Waals surface area contributed by atoms with E-state index in [0.717, 1.165) is 45.3 Å². The van der Waals surface area contributed by atoms with Gasteiger partial charge in [-0.3, -0.25) is 4.79 Å². The number of aromatic nitrogens is 1. The van der Waals surface area contributed by atoms with Gasteiger partial charge in [0, 0.05) is 23.5 Å². The number of nitrogens with zero attached hydrogens (tertiary/aromatic N) is 2. The van der Waals surface area contributed by atoms with Crippen LogP contribution in [-0.2, 0) is 17.8 Å². The molecule has 0 bridgehead atoms. The Morgan fingerprint density at radius 2 is 1.91 bits per heavy atom. The summed E-state index contributed by atoms with van der Waals surface area (Å²) in [6.45, 7) is 2.06. The van der Waals surface area contributed by atoms with Gasteiger partial charge < -0.3 is 19.7 Å². The molecule has 6 rings (SSSR count). The topological polar surface area (TPSA) is 63.7 Å². The third kappa shape index (κ3) is 4.08. The Morgan fingerprint density at radius 3 is 2.76 bits per heavy atom. The third-order valence-corrected chi connectivity index (χ3v) is 7.98. The van der Waals surface area contributed by atoms with Crippen LogP contribution in [0, 0.1) is 0 Å². The van der Waals surface area contributed by atoms with Crippen LogP contribution in [0.25, 0.3) is 20.8 Å². The molecule has 0 radical (unpaired) electrons. The number of halogens is 1. The summed E-state index contributed by atoms with van der Waals surface area (Å²) >= 11 is 3.32. The predicted molar refractivity (Wildman–Crippen MR) is 135 cm³/mol. The van der Waals surface area contributed by atoms with Crippen molar-refractivity contribution in [3.05, 3.63) is 59.0 Å². The highest BCUT2D eigenvalue weighted by atomic mass is 35.5. The Bertz CT molecular complexity index is 1300. The van der Waals surface area contributed by atoms with Crippen molar-refractivity contribution in [1.29, 1.82) is 0 Å². The first-order chi connectivity index (χ1) is 15.7. The molecule has 1 unspecified atom stereocenters. The number of amides is 1. The van der Waals surface area contributed by atoms with Gasteiger partial charge in [-0.05, 0) is 43.3 Å². The van der Waals surface area contributed by atoms with Gasteiger partial charge in [-0.2, -0.15) is 0 Å². The van der Waals surface area contributed by atoms with Crippen molar-refractivity contribution >= 4 is 56.2 Å². The van der Waals surface area contributed by atoms with E-state index in [1.165, 1.54) is 10.4 Å². The summed E-state index contributed by atoms with van der Waals surface area (Å²) in [7, 11) is 2.13. The zero-order chi connectivity index (χ0) is 21.7. The minimum Gasteiger partial charge on any atom is -0.485 e. The van der Waals surface area contributed by atoms with Crippen LogP contribution in [0.1, 0.15) is 10.4 Å². The number of carbonyl (C=O) groups excluding carboxylic acids is 1. The van der Waals surface area contributed by atoms with Crippen LogP contribution in [0.5, 0.6) is 11.5 Å². The first-order valence-corrected chi connectivity index (χ1v) is 12.2. The fraction of sp³-hybridized carbons (Fsp3) is 0.250. The molecule has 1 amide bonds.